The van der Waals surface area contributed by atoms with Crippen molar-refractivity contribution in [1.29, 1.82) is 0 Å². The second kappa shape index (κ2) is 5.52. The van der Waals surface area contributed by atoms with Gasteiger partial charge in [0.15, 0.2) is 5.76 Å². The van der Waals surface area contributed by atoms with Crippen LogP contribution in [0.4, 0.5) is 0 Å². The molecule has 14 heavy (non-hydrogen) atoms. The SMILES string of the molecule is C=C(O)C(=O)OC.O=C1C=CC(=O)O1. The van der Waals surface area contributed by atoms with Crippen LogP contribution >= 0.6 is 0 Å². The molecule has 1 aliphatic heterocycles. The highest BCUT2D eigenvalue weighted by atomic mass is 16.6. The van der Waals surface area contributed by atoms with Gasteiger partial charge in [0.2, 0.25) is 0 Å². The molecule has 1 rings (SSSR count). The van der Waals surface area contributed by atoms with Crippen LogP contribution in [-0.4, -0.2) is 30.1 Å². The molecule has 0 saturated heterocycles. The third-order valence-corrected chi connectivity index (χ3v) is 0.978. The van der Waals surface area contributed by atoms with Crippen molar-refractivity contribution in [2.24, 2.45) is 0 Å². The summed E-state index contributed by atoms with van der Waals surface area (Å²) in [5.41, 5.74) is 0. The van der Waals surface area contributed by atoms with E-state index in [1.54, 1.807) is 0 Å². The minimum Gasteiger partial charge on any atom is -0.502 e. The average Bonchev–Trinajstić information content (AvgIpc) is 2.49. The lowest BCUT2D eigenvalue weighted by Gasteiger charge is -1.90. The molecule has 0 radical (unpaired) electrons. The Balaban J connectivity index is 0.000000241. The Bertz CT molecular complexity index is 285. The number of methoxy groups -OCH3 is 1. The zero-order chi connectivity index (χ0) is 11.1. The summed E-state index contributed by atoms with van der Waals surface area (Å²) < 4.78 is 8.00. The number of cyclic esters (lactones) is 2. The standard InChI is InChI=1S/C4H2O3.C4H6O3/c5-3-1-2-4(6)7-3;1-3(5)4(6)7-2/h1-2H;5H,1H2,2H3. The van der Waals surface area contributed by atoms with Crippen LogP contribution in [0, 0.1) is 0 Å². The largest absolute Gasteiger partial charge is 0.502 e. The van der Waals surface area contributed by atoms with E-state index in [9.17, 15) is 14.4 Å². The van der Waals surface area contributed by atoms with Crippen molar-refractivity contribution in [1.82, 2.24) is 0 Å². The van der Waals surface area contributed by atoms with E-state index in [1.165, 1.54) is 7.11 Å². The average molecular weight is 200 g/mol. The van der Waals surface area contributed by atoms with E-state index in [-0.39, 0.29) is 0 Å². The van der Waals surface area contributed by atoms with Gasteiger partial charge in [0.05, 0.1) is 7.11 Å². The second-order valence-corrected chi connectivity index (χ2v) is 2.01. The monoisotopic (exact) mass is 200 g/mol. The Labute approximate surface area is 79.4 Å². The van der Waals surface area contributed by atoms with Crippen LogP contribution in [0.25, 0.3) is 0 Å². The van der Waals surface area contributed by atoms with Gasteiger partial charge in [0.1, 0.15) is 0 Å². The molecule has 0 fully saturated rings. The molecule has 0 aliphatic carbocycles. The summed E-state index contributed by atoms with van der Waals surface area (Å²) in [5, 5.41) is 8.15. The molecule has 0 spiro atoms. The Morgan fingerprint density at radius 1 is 1.43 bits per heavy atom. The number of aliphatic hydroxyl groups is 1. The lowest BCUT2D eigenvalue weighted by atomic mass is 10.6. The molecule has 0 atom stereocenters. The minimum absolute atomic E-state index is 0.567. The molecule has 1 aliphatic rings. The highest BCUT2D eigenvalue weighted by molar-refractivity contribution is 6.04. The van der Waals surface area contributed by atoms with Gasteiger partial charge in [-0.05, 0) is 6.58 Å². The van der Waals surface area contributed by atoms with Crippen molar-refractivity contribution in [3.8, 4) is 0 Å². The molecule has 0 aromatic heterocycles. The molecule has 6 nitrogen and oxygen atoms in total. The summed E-state index contributed by atoms with van der Waals surface area (Å²) in [5.74, 6) is -2.52. The molecule has 0 saturated carbocycles. The molecule has 1 N–H and O–H groups in total. The third kappa shape index (κ3) is 4.70. The first-order valence-electron chi connectivity index (χ1n) is 3.37. The Hall–Kier alpha value is -2.11. The van der Waals surface area contributed by atoms with E-state index in [0.29, 0.717) is 0 Å². The number of hydrogen-bond donors (Lipinski definition) is 1. The van der Waals surface area contributed by atoms with E-state index in [1.807, 2.05) is 0 Å². The van der Waals surface area contributed by atoms with Gasteiger partial charge in [-0.2, -0.15) is 0 Å². The van der Waals surface area contributed by atoms with Crippen LogP contribution in [0.5, 0.6) is 0 Å². The molecule has 0 aromatic carbocycles. The maximum atomic E-state index is 9.94. The fraction of sp³-hybridized carbons (Fsp3) is 0.125. The van der Waals surface area contributed by atoms with Crippen LogP contribution in [0.3, 0.4) is 0 Å². The topological polar surface area (TPSA) is 89.9 Å². The smallest absolute Gasteiger partial charge is 0.372 e. The molecule has 0 bridgehead atoms. The molecule has 1 heterocycles. The fourth-order valence-corrected chi connectivity index (χ4v) is 0.421. The van der Waals surface area contributed by atoms with E-state index < -0.39 is 23.7 Å². The first kappa shape index (κ1) is 11.9. The van der Waals surface area contributed by atoms with Gasteiger partial charge in [0.25, 0.3) is 0 Å². The molecule has 76 valence electrons. The maximum Gasteiger partial charge on any atom is 0.372 e. The van der Waals surface area contributed by atoms with E-state index in [0.717, 1.165) is 12.2 Å². The normalized spacial score (nSPS) is 12.6. The van der Waals surface area contributed by atoms with Crippen molar-refractivity contribution in [3.63, 3.8) is 0 Å². The number of hydrogen-bond acceptors (Lipinski definition) is 6. The van der Waals surface area contributed by atoms with Crippen LogP contribution in [-0.2, 0) is 23.9 Å². The molecule has 0 amide bonds. The third-order valence-electron chi connectivity index (χ3n) is 0.978. The van der Waals surface area contributed by atoms with Crippen molar-refractivity contribution in [3.05, 3.63) is 24.5 Å². The number of rotatable bonds is 1. The van der Waals surface area contributed by atoms with Crippen LogP contribution in [0.1, 0.15) is 0 Å². The maximum absolute atomic E-state index is 9.94. The summed E-state index contributed by atoms with van der Waals surface area (Å²) in [4.78, 5) is 29.8. The van der Waals surface area contributed by atoms with Crippen molar-refractivity contribution in [2.45, 2.75) is 0 Å². The summed E-state index contributed by atoms with van der Waals surface area (Å²) in [7, 11) is 1.17. The van der Waals surface area contributed by atoms with Gasteiger partial charge >= 0.3 is 17.9 Å². The van der Waals surface area contributed by atoms with Crippen molar-refractivity contribution >= 4 is 17.9 Å². The van der Waals surface area contributed by atoms with Crippen LogP contribution in [0.15, 0.2) is 24.5 Å². The predicted molar refractivity (Wildman–Crippen MR) is 44.0 cm³/mol. The summed E-state index contributed by atoms with van der Waals surface area (Å²) >= 11 is 0. The molecule has 0 unspecified atom stereocenters. The highest BCUT2D eigenvalue weighted by Crippen LogP contribution is 1.92. The van der Waals surface area contributed by atoms with Crippen molar-refractivity contribution < 1.29 is 29.0 Å². The van der Waals surface area contributed by atoms with Gasteiger partial charge in [-0.25, -0.2) is 14.4 Å². The summed E-state index contributed by atoms with van der Waals surface area (Å²) in [6.07, 6.45) is 2.17. The minimum atomic E-state index is -0.792. The van der Waals surface area contributed by atoms with Gasteiger partial charge in [0, 0.05) is 12.2 Å². The second-order valence-electron chi connectivity index (χ2n) is 2.01. The van der Waals surface area contributed by atoms with E-state index >= 15 is 0 Å². The van der Waals surface area contributed by atoms with Gasteiger partial charge in [-0.15, -0.1) is 0 Å². The first-order chi connectivity index (χ1) is 6.47. The lowest BCUT2D eigenvalue weighted by molar-refractivity contribution is -0.150. The van der Waals surface area contributed by atoms with Crippen LogP contribution in [0.2, 0.25) is 0 Å². The number of aliphatic hydroxyl groups excluding tert-OH is 1. The number of carbonyl (C=O) groups is 3. The number of esters is 3. The van der Waals surface area contributed by atoms with Gasteiger partial charge < -0.3 is 14.6 Å². The first-order valence-corrected chi connectivity index (χ1v) is 3.37. The predicted octanol–water partition coefficient (Wildman–Crippen LogP) is -0.143. The Kier molecular flexibility index (Phi) is 4.69. The summed E-state index contributed by atoms with van der Waals surface area (Å²) in [6.45, 7) is 2.91. The zero-order valence-electron chi connectivity index (χ0n) is 7.35. The quantitative estimate of drug-likeness (QED) is 0.274. The van der Waals surface area contributed by atoms with Crippen LogP contribution < -0.4 is 0 Å². The molecule has 6 heteroatoms. The molecular formula is C8H8O6. The van der Waals surface area contributed by atoms with E-state index in [4.69, 9.17) is 5.11 Å². The number of ether oxygens (including phenoxy) is 2. The number of carbonyl (C=O) groups excluding carboxylic acids is 3. The van der Waals surface area contributed by atoms with Gasteiger partial charge in [-0.1, -0.05) is 0 Å². The fourth-order valence-electron chi connectivity index (χ4n) is 0.421. The lowest BCUT2D eigenvalue weighted by Crippen LogP contribution is -2.01. The van der Waals surface area contributed by atoms with Gasteiger partial charge in [-0.3, -0.25) is 0 Å². The Morgan fingerprint density at radius 2 is 1.86 bits per heavy atom. The highest BCUT2D eigenvalue weighted by Gasteiger charge is 2.10. The van der Waals surface area contributed by atoms with E-state index in [2.05, 4.69) is 16.1 Å². The molecular weight excluding hydrogens is 192 g/mol. The molecule has 0 aromatic rings. The summed E-state index contributed by atoms with van der Waals surface area (Å²) in [6, 6.07) is 0. The zero-order valence-corrected chi connectivity index (χ0v) is 7.35. The Morgan fingerprint density at radius 3 is 1.93 bits per heavy atom. The van der Waals surface area contributed by atoms with Crippen molar-refractivity contribution in [2.75, 3.05) is 7.11 Å².